The first-order valence-electron chi connectivity index (χ1n) is 8.00. The Morgan fingerprint density at radius 2 is 1.75 bits per heavy atom. The van der Waals surface area contributed by atoms with Gasteiger partial charge in [0.2, 0.25) is 5.91 Å². The summed E-state index contributed by atoms with van der Waals surface area (Å²) in [6.45, 7) is 3.95. The zero-order valence-corrected chi connectivity index (χ0v) is 14.4. The molecule has 0 saturated carbocycles. The quantitative estimate of drug-likeness (QED) is 0.665. The fraction of sp³-hybridized carbons (Fsp3) is 0.500. The summed E-state index contributed by atoms with van der Waals surface area (Å²) in [5.41, 5.74) is 0.577. The lowest BCUT2D eigenvalue weighted by molar-refractivity contribution is -0.144. The van der Waals surface area contributed by atoms with E-state index in [0.29, 0.717) is 24.3 Å². The number of Topliss-reactive ketones (excluding diaryl/α,β-unsaturated/α-hetero) is 1. The van der Waals surface area contributed by atoms with E-state index in [2.05, 4.69) is 0 Å². The van der Waals surface area contributed by atoms with Gasteiger partial charge in [0, 0.05) is 24.9 Å². The predicted octanol–water partition coefficient (Wildman–Crippen LogP) is 2.62. The van der Waals surface area contributed by atoms with Crippen molar-refractivity contribution in [2.45, 2.75) is 33.1 Å². The fourth-order valence-electron chi connectivity index (χ4n) is 2.34. The summed E-state index contributed by atoms with van der Waals surface area (Å²) in [6.07, 6.45) is 0.820. The summed E-state index contributed by atoms with van der Waals surface area (Å²) in [5, 5.41) is 8.89. The first-order chi connectivity index (χ1) is 11.3. The molecule has 1 aromatic carbocycles. The highest BCUT2D eigenvalue weighted by molar-refractivity contribution is 5.96. The first kappa shape index (κ1) is 19.7. The number of ether oxygens (including phenoxy) is 1. The minimum atomic E-state index is -1.03. The number of hydrogen-bond acceptors (Lipinski definition) is 4. The van der Waals surface area contributed by atoms with Crippen molar-refractivity contribution < 1.29 is 24.2 Å². The largest absolute Gasteiger partial charge is 0.497 e. The Kier molecular flexibility index (Phi) is 7.95. The number of rotatable bonds is 10. The summed E-state index contributed by atoms with van der Waals surface area (Å²) >= 11 is 0. The van der Waals surface area contributed by atoms with Crippen molar-refractivity contribution in [2.24, 2.45) is 5.92 Å². The zero-order valence-electron chi connectivity index (χ0n) is 14.4. The van der Waals surface area contributed by atoms with Gasteiger partial charge in [0.1, 0.15) is 12.3 Å². The van der Waals surface area contributed by atoms with Crippen molar-refractivity contribution in [2.75, 3.05) is 20.2 Å². The van der Waals surface area contributed by atoms with Gasteiger partial charge in [0.25, 0.3) is 0 Å². The van der Waals surface area contributed by atoms with Crippen LogP contribution in [0.15, 0.2) is 24.3 Å². The van der Waals surface area contributed by atoms with Crippen LogP contribution in [0.1, 0.15) is 43.5 Å². The van der Waals surface area contributed by atoms with Crippen LogP contribution in [0.3, 0.4) is 0 Å². The number of hydrogen-bond donors (Lipinski definition) is 1. The van der Waals surface area contributed by atoms with Crippen molar-refractivity contribution in [1.29, 1.82) is 0 Å². The maximum Gasteiger partial charge on any atom is 0.323 e. The van der Waals surface area contributed by atoms with Gasteiger partial charge in [-0.3, -0.25) is 14.4 Å². The molecule has 0 aliphatic heterocycles. The van der Waals surface area contributed by atoms with Gasteiger partial charge in [-0.1, -0.05) is 13.8 Å². The smallest absolute Gasteiger partial charge is 0.323 e. The molecule has 6 nitrogen and oxygen atoms in total. The molecule has 0 unspecified atom stereocenters. The maximum atomic E-state index is 12.2. The van der Waals surface area contributed by atoms with Gasteiger partial charge in [0.05, 0.1) is 7.11 Å². The van der Waals surface area contributed by atoms with Crippen LogP contribution in [0.25, 0.3) is 0 Å². The Morgan fingerprint density at radius 1 is 1.12 bits per heavy atom. The molecule has 132 valence electrons. The fourth-order valence-corrected chi connectivity index (χ4v) is 2.34. The Labute approximate surface area is 142 Å². The number of nitrogens with zero attached hydrogens (tertiary/aromatic N) is 1. The molecule has 1 N–H and O–H groups in total. The van der Waals surface area contributed by atoms with E-state index in [9.17, 15) is 14.4 Å². The second kappa shape index (κ2) is 9.70. The molecule has 0 saturated heterocycles. The van der Waals surface area contributed by atoms with E-state index >= 15 is 0 Å². The molecule has 0 bridgehead atoms. The van der Waals surface area contributed by atoms with E-state index in [4.69, 9.17) is 9.84 Å². The molecule has 0 fully saturated rings. The van der Waals surface area contributed by atoms with Gasteiger partial charge >= 0.3 is 5.97 Å². The zero-order chi connectivity index (χ0) is 18.1. The Morgan fingerprint density at radius 3 is 2.25 bits per heavy atom. The van der Waals surface area contributed by atoms with Crippen LogP contribution in [0.5, 0.6) is 5.75 Å². The van der Waals surface area contributed by atoms with Crippen LogP contribution in [-0.4, -0.2) is 47.9 Å². The summed E-state index contributed by atoms with van der Waals surface area (Å²) in [6, 6.07) is 6.82. The number of benzene rings is 1. The van der Waals surface area contributed by atoms with Gasteiger partial charge in [-0.05, 0) is 36.6 Å². The molecule has 0 aromatic heterocycles. The van der Waals surface area contributed by atoms with Crippen LogP contribution in [0.4, 0.5) is 0 Å². The number of amides is 1. The number of carboxylic acid groups (broad SMARTS) is 1. The lowest BCUT2D eigenvalue weighted by atomic mass is 10.0. The monoisotopic (exact) mass is 335 g/mol. The number of aliphatic carboxylic acids is 1. The van der Waals surface area contributed by atoms with E-state index in [1.54, 1.807) is 31.4 Å². The summed E-state index contributed by atoms with van der Waals surface area (Å²) in [7, 11) is 1.56. The molecule has 1 aromatic rings. The Hall–Kier alpha value is -2.37. The minimum absolute atomic E-state index is 0.0425. The molecule has 0 aliphatic rings. The normalized spacial score (nSPS) is 10.5. The lowest BCUT2D eigenvalue weighted by Crippen LogP contribution is -2.38. The average Bonchev–Trinajstić information content (AvgIpc) is 2.53. The van der Waals surface area contributed by atoms with Gasteiger partial charge in [0.15, 0.2) is 5.78 Å². The van der Waals surface area contributed by atoms with Crippen LogP contribution in [0.2, 0.25) is 0 Å². The molecule has 6 heteroatoms. The van der Waals surface area contributed by atoms with Gasteiger partial charge in [-0.25, -0.2) is 0 Å². The highest BCUT2D eigenvalue weighted by Gasteiger charge is 2.18. The molecule has 0 aliphatic carbocycles. The molecule has 1 amide bonds. The SMILES string of the molecule is COc1ccc(C(=O)CCCC(=O)N(CC(=O)O)CC(C)C)cc1. The summed E-state index contributed by atoms with van der Waals surface area (Å²) < 4.78 is 5.04. The number of carbonyl (C=O) groups is 3. The van der Waals surface area contributed by atoms with Crippen molar-refractivity contribution in [1.82, 2.24) is 4.90 Å². The molecule has 0 spiro atoms. The standard InChI is InChI=1S/C18H25NO5/c1-13(2)11-19(12-18(22)23)17(21)6-4-5-16(20)14-7-9-15(24-3)10-8-14/h7-10,13H,4-6,11-12H2,1-3H3,(H,22,23). The number of methoxy groups -OCH3 is 1. The van der Waals surface area contributed by atoms with Crippen LogP contribution < -0.4 is 4.74 Å². The number of ketones is 1. The lowest BCUT2D eigenvalue weighted by Gasteiger charge is -2.22. The molecular weight excluding hydrogens is 310 g/mol. The van der Waals surface area contributed by atoms with Crippen molar-refractivity contribution >= 4 is 17.7 Å². The van der Waals surface area contributed by atoms with Gasteiger partial charge in [-0.15, -0.1) is 0 Å². The maximum absolute atomic E-state index is 12.2. The summed E-state index contributed by atoms with van der Waals surface area (Å²) in [5.74, 6) is -0.431. The summed E-state index contributed by atoms with van der Waals surface area (Å²) in [4.78, 5) is 36.4. The second-order valence-corrected chi connectivity index (χ2v) is 6.07. The highest BCUT2D eigenvalue weighted by atomic mass is 16.5. The van der Waals surface area contributed by atoms with E-state index in [1.165, 1.54) is 4.90 Å². The minimum Gasteiger partial charge on any atom is -0.497 e. The van der Waals surface area contributed by atoms with Crippen molar-refractivity contribution in [3.63, 3.8) is 0 Å². The van der Waals surface area contributed by atoms with Crippen molar-refractivity contribution in [3.05, 3.63) is 29.8 Å². The Bertz CT molecular complexity index is 565. The average molecular weight is 335 g/mol. The number of carboxylic acids is 1. The van der Waals surface area contributed by atoms with Gasteiger partial charge < -0.3 is 14.7 Å². The highest BCUT2D eigenvalue weighted by Crippen LogP contribution is 2.14. The molecule has 0 heterocycles. The molecular formula is C18H25NO5. The van der Waals surface area contributed by atoms with E-state index in [1.807, 2.05) is 13.8 Å². The number of carbonyl (C=O) groups excluding carboxylic acids is 2. The predicted molar refractivity (Wildman–Crippen MR) is 90.2 cm³/mol. The topological polar surface area (TPSA) is 83.9 Å². The van der Waals surface area contributed by atoms with Crippen LogP contribution >= 0.6 is 0 Å². The third-order valence-corrected chi connectivity index (χ3v) is 3.47. The molecule has 0 radical (unpaired) electrons. The van der Waals surface area contributed by atoms with Gasteiger partial charge in [-0.2, -0.15) is 0 Å². The third kappa shape index (κ3) is 6.81. The molecule has 1 rings (SSSR count). The molecule has 0 atom stereocenters. The van der Waals surface area contributed by atoms with Crippen molar-refractivity contribution in [3.8, 4) is 5.75 Å². The van der Waals surface area contributed by atoms with Crippen LogP contribution in [0, 0.1) is 5.92 Å². The van der Waals surface area contributed by atoms with Crippen LogP contribution in [-0.2, 0) is 9.59 Å². The van der Waals surface area contributed by atoms with E-state index < -0.39 is 5.97 Å². The molecule has 24 heavy (non-hydrogen) atoms. The Balaban J connectivity index is 2.49. The van der Waals surface area contributed by atoms with E-state index in [-0.39, 0.29) is 37.0 Å². The third-order valence-electron chi connectivity index (χ3n) is 3.47. The second-order valence-electron chi connectivity index (χ2n) is 6.07. The first-order valence-corrected chi connectivity index (χ1v) is 8.00. The van der Waals surface area contributed by atoms with E-state index in [0.717, 1.165) is 0 Å².